The maximum Gasteiger partial charge on any atom is 0.410 e. The fourth-order valence-electron chi connectivity index (χ4n) is 3.42. The number of likely N-dealkylation sites (N-methyl/N-ethyl adjacent to an activating group) is 1. The van der Waals surface area contributed by atoms with Gasteiger partial charge in [0.25, 0.3) is 0 Å². The lowest BCUT2D eigenvalue weighted by Crippen LogP contribution is -2.34. The zero-order valence-electron chi connectivity index (χ0n) is 17.0. The highest BCUT2D eigenvalue weighted by atomic mass is 16.6. The van der Waals surface area contributed by atoms with Gasteiger partial charge in [-0.05, 0) is 72.6 Å². The molecule has 1 N–H and O–H groups in total. The number of carbonyl (C=O) groups is 1. The molecule has 8 heteroatoms. The third-order valence-electron chi connectivity index (χ3n) is 5.03. The fourth-order valence-corrected chi connectivity index (χ4v) is 3.42. The van der Waals surface area contributed by atoms with Gasteiger partial charge in [0.05, 0.1) is 12.2 Å². The van der Waals surface area contributed by atoms with Crippen molar-refractivity contribution in [3.05, 3.63) is 77.3 Å². The second kappa shape index (κ2) is 9.25. The number of nitrogens with one attached hydrogen (secondary N) is 1. The zero-order chi connectivity index (χ0) is 21.6. The lowest BCUT2D eigenvalue weighted by molar-refractivity contribution is 0.159. The van der Waals surface area contributed by atoms with Crippen LogP contribution in [0, 0.1) is 4.91 Å². The van der Waals surface area contributed by atoms with Gasteiger partial charge >= 0.3 is 6.09 Å². The topological polar surface area (TPSA) is 93.1 Å². The van der Waals surface area contributed by atoms with Crippen LogP contribution in [-0.2, 0) is 11.2 Å². The number of amides is 1. The molecule has 2 heterocycles. The van der Waals surface area contributed by atoms with Crippen LogP contribution < -0.4 is 10.1 Å². The maximum atomic E-state index is 11.7. The molecule has 1 atom stereocenters. The first-order valence-corrected chi connectivity index (χ1v) is 10.0. The highest BCUT2D eigenvalue weighted by Gasteiger charge is 2.31. The number of rotatable bonds is 8. The Balaban J connectivity index is 1.33. The first-order chi connectivity index (χ1) is 15.1. The van der Waals surface area contributed by atoms with E-state index in [-0.39, 0.29) is 17.8 Å². The molecule has 158 valence electrons. The maximum absolute atomic E-state index is 11.7. The Morgan fingerprint density at radius 1 is 1.10 bits per heavy atom. The molecular formula is C23H22N4O4. The van der Waals surface area contributed by atoms with Crippen molar-refractivity contribution in [2.45, 2.75) is 19.4 Å². The van der Waals surface area contributed by atoms with Crippen LogP contribution in [0.25, 0.3) is 0 Å². The van der Waals surface area contributed by atoms with Crippen LogP contribution in [-0.4, -0.2) is 35.2 Å². The minimum Gasteiger partial charge on any atom is -0.457 e. The van der Waals surface area contributed by atoms with E-state index in [1.165, 1.54) is 6.20 Å². The van der Waals surface area contributed by atoms with E-state index < -0.39 is 0 Å². The lowest BCUT2D eigenvalue weighted by atomic mass is 10.1. The van der Waals surface area contributed by atoms with E-state index >= 15 is 0 Å². The number of carbonyl (C=O) groups excluding carboxylic acids is 1. The molecule has 3 aromatic rings. The number of anilines is 2. The molecule has 1 aliphatic heterocycles. The summed E-state index contributed by atoms with van der Waals surface area (Å²) in [6, 6.07) is 18.7. The summed E-state index contributed by atoms with van der Waals surface area (Å²) in [6.45, 7) is 3.03. The average molecular weight is 418 g/mol. The number of aromatic nitrogens is 1. The molecule has 8 nitrogen and oxygen atoms in total. The average Bonchev–Trinajstić information content (AvgIpc) is 3.16. The van der Waals surface area contributed by atoms with Crippen molar-refractivity contribution < 1.29 is 14.3 Å². The quantitative estimate of drug-likeness (QED) is 0.493. The highest BCUT2D eigenvalue weighted by Crippen LogP contribution is 2.26. The Labute approximate surface area is 179 Å². The SMILES string of the molecule is CCN1C(=O)OC[C@@H]1Cc1ccc(Oc2ccc(Nc3ccc(N=O)cn3)cc2)cc1. The largest absolute Gasteiger partial charge is 0.457 e. The molecule has 0 spiro atoms. The third kappa shape index (κ3) is 4.98. The number of nitroso groups, excluding NO2 is 1. The smallest absolute Gasteiger partial charge is 0.410 e. The van der Waals surface area contributed by atoms with Gasteiger partial charge < -0.3 is 19.7 Å². The van der Waals surface area contributed by atoms with E-state index in [1.54, 1.807) is 17.0 Å². The highest BCUT2D eigenvalue weighted by molar-refractivity contribution is 5.70. The monoisotopic (exact) mass is 418 g/mol. The predicted octanol–water partition coefficient (Wildman–Crippen LogP) is 5.40. The van der Waals surface area contributed by atoms with Crippen LogP contribution in [0.3, 0.4) is 0 Å². The molecular weight excluding hydrogens is 396 g/mol. The van der Waals surface area contributed by atoms with Crippen molar-refractivity contribution in [2.75, 3.05) is 18.5 Å². The Bertz CT molecular complexity index is 1040. The van der Waals surface area contributed by atoms with Gasteiger partial charge in [-0.2, -0.15) is 0 Å². The van der Waals surface area contributed by atoms with E-state index in [0.717, 1.165) is 23.4 Å². The van der Waals surface area contributed by atoms with Crippen molar-refractivity contribution >= 4 is 23.3 Å². The summed E-state index contributed by atoms with van der Waals surface area (Å²) >= 11 is 0. The fraction of sp³-hybridized carbons (Fsp3) is 0.217. The summed E-state index contributed by atoms with van der Waals surface area (Å²) in [7, 11) is 0. The summed E-state index contributed by atoms with van der Waals surface area (Å²) in [5.41, 5.74) is 2.25. The first kappa shape index (κ1) is 20.3. The molecule has 4 rings (SSSR count). The molecule has 1 fully saturated rings. The van der Waals surface area contributed by atoms with Gasteiger partial charge in [-0.1, -0.05) is 12.1 Å². The number of nitrogens with zero attached hydrogens (tertiary/aromatic N) is 3. The Morgan fingerprint density at radius 3 is 2.42 bits per heavy atom. The summed E-state index contributed by atoms with van der Waals surface area (Å²) in [5, 5.41) is 5.98. The molecule has 1 saturated heterocycles. The molecule has 0 unspecified atom stereocenters. The second-order valence-corrected chi connectivity index (χ2v) is 7.11. The van der Waals surface area contributed by atoms with E-state index in [2.05, 4.69) is 15.5 Å². The van der Waals surface area contributed by atoms with Gasteiger partial charge in [-0.25, -0.2) is 9.78 Å². The zero-order valence-corrected chi connectivity index (χ0v) is 17.0. The van der Waals surface area contributed by atoms with E-state index in [1.807, 2.05) is 55.5 Å². The number of hydrogen-bond donors (Lipinski definition) is 1. The number of benzene rings is 2. The number of cyclic esters (lactones) is 1. The van der Waals surface area contributed by atoms with Crippen LogP contribution in [0.1, 0.15) is 12.5 Å². The van der Waals surface area contributed by atoms with Crippen molar-refractivity contribution in [1.82, 2.24) is 9.88 Å². The molecule has 0 radical (unpaired) electrons. The third-order valence-corrected chi connectivity index (χ3v) is 5.03. The normalized spacial score (nSPS) is 15.5. The van der Waals surface area contributed by atoms with Crippen LogP contribution in [0.4, 0.5) is 22.0 Å². The predicted molar refractivity (Wildman–Crippen MR) is 117 cm³/mol. The first-order valence-electron chi connectivity index (χ1n) is 10.0. The van der Waals surface area contributed by atoms with Gasteiger partial charge in [-0.15, -0.1) is 4.91 Å². The molecule has 0 bridgehead atoms. The summed E-state index contributed by atoms with van der Waals surface area (Å²) < 4.78 is 11.1. The van der Waals surface area contributed by atoms with Gasteiger partial charge in [-0.3, -0.25) is 0 Å². The van der Waals surface area contributed by atoms with E-state index in [4.69, 9.17) is 9.47 Å². The Hall–Kier alpha value is -3.94. The second-order valence-electron chi connectivity index (χ2n) is 7.11. The minimum absolute atomic E-state index is 0.0738. The molecule has 0 saturated carbocycles. The van der Waals surface area contributed by atoms with Gasteiger partial charge in [0.2, 0.25) is 0 Å². The molecule has 31 heavy (non-hydrogen) atoms. The van der Waals surface area contributed by atoms with Gasteiger partial charge in [0, 0.05) is 12.2 Å². The standard InChI is InChI=1S/C23H22N4O4/c1-2-27-19(15-30-23(27)28)13-16-3-8-20(9-4-16)31-21-10-5-17(6-11-21)25-22-12-7-18(26-29)14-24-22/h3-12,14,19H,2,13,15H2,1H3,(H,24,25)/t19-/m0/s1. The van der Waals surface area contributed by atoms with Crippen LogP contribution in [0.2, 0.25) is 0 Å². The molecule has 1 aliphatic rings. The number of hydrogen-bond acceptors (Lipinski definition) is 7. The van der Waals surface area contributed by atoms with Crippen LogP contribution >= 0.6 is 0 Å². The van der Waals surface area contributed by atoms with Crippen molar-refractivity contribution in [1.29, 1.82) is 0 Å². The van der Waals surface area contributed by atoms with Crippen molar-refractivity contribution in [3.8, 4) is 11.5 Å². The molecule has 0 aliphatic carbocycles. The van der Waals surface area contributed by atoms with Crippen molar-refractivity contribution in [2.24, 2.45) is 5.18 Å². The number of pyridine rings is 1. The summed E-state index contributed by atoms with van der Waals surface area (Å²) in [6.07, 6.45) is 1.92. The minimum atomic E-state index is -0.240. The van der Waals surface area contributed by atoms with E-state index in [0.29, 0.717) is 24.7 Å². The molecule has 1 aromatic heterocycles. The van der Waals surface area contributed by atoms with Crippen LogP contribution in [0.5, 0.6) is 11.5 Å². The Kier molecular flexibility index (Phi) is 6.07. The Morgan fingerprint density at radius 2 is 1.81 bits per heavy atom. The lowest BCUT2D eigenvalue weighted by Gasteiger charge is -2.19. The van der Waals surface area contributed by atoms with Gasteiger partial charge in [0.15, 0.2) is 0 Å². The molecule has 2 aromatic carbocycles. The number of ether oxygens (including phenoxy) is 2. The summed E-state index contributed by atoms with van der Waals surface area (Å²) in [5.74, 6) is 2.06. The molecule has 1 amide bonds. The van der Waals surface area contributed by atoms with E-state index in [9.17, 15) is 9.70 Å². The van der Waals surface area contributed by atoms with Crippen LogP contribution in [0.15, 0.2) is 72.0 Å². The van der Waals surface area contributed by atoms with Crippen molar-refractivity contribution in [3.63, 3.8) is 0 Å². The summed E-state index contributed by atoms with van der Waals surface area (Å²) in [4.78, 5) is 28.0. The van der Waals surface area contributed by atoms with Gasteiger partial charge in [0.1, 0.15) is 29.6 Å².